The highest BCUT2D eigenvalue weighted by Gasteiger charge is 2.18. The van der Waals surface area contributed by atoms with Gasteiger partial charge < -0.3 is 24.5 Å². The molecule has 1 aliphatic rings. The standard InChI is InChI=1S/C18H19N3O3/c1-2-18-20-14-9-16-17(24-11-23-16)10-15(14)21(18)7-8-22-13-5-3-12(19)4-6-13/h3-6,9-10H,2,7-8,11,19H2,1H3. The molecule has 4 rings (SSSR count). The molecule has 2 heterocycles. The Hall–Kier alpha value is -2.89. The van der Waals surface area contributed by atoms with Gasteiger partial charge in [-0.05, 0) is 24.3 Å². The van der Waals surface area contributed by atoms with Crippen LogP contribution in [0.25, 0.3) is 11.0 Å². The summed E-state index contributed by atoms with van der Waals surface area (Å²) in [5.41, 5.74) is 8.38. The Morgan fingerprint density at radius 1 is 1.17 bits per heavy atom. The fraction of sp³-hybridized carbons (Fsp3) is 0.278. The van der Waals surface area contributed by atoms with E-state index in [1.807, 2.05) is 36.4 Å². The quantitative estimate of drug-likeness (QED) is 0.730. The molecule has 0 saturated heterocycles. The highest BCUT2D eigenvalue weighted by atomic mass is 16.7. The highest BCUT2D eigenvalue weighted by molar-refractivity contribution is 5.81. The number of imidazole rings is 1. The lowest BCUT2D eigenvalue weighted by molar-refractivity contribution is 0.174. The van der Waals surface area contributed by atoms with Gasteiger partial charge in [-0.15, -0.1) is 0 Å². The fourth-order valence-corrected chi connectivity index (χ4v) is 2.90. The Morgan fingerprint density at radius 3 is 2.67 bits per heavy atom. The Kier molecular flexibility index (Phi) is 3.65. The number of fused-ring (bicyclic) bond motifs is 2. The summed E-state index contributed by atoms with van der Waals surface area (Å²) in [6.07, 6.45) is 0.850. The van der Waals surface area contributed by atoms with Crippen LogP contribution >= 0.6 is 0 Å². The van der Waals surface area contributed by atoms with Gasteiger partial charge in [0.15, 0.2) is 11.5 Å². The lowest BCUT2D eigenvalue weighted by atomic mass is 10.2. The molecule has 3 aromatic rings. The van der Waals surface area contributed by atoms with Crippen molar-refractivity contribution in [3.63, 3.8) is 0 Å². The van der Waals surface area contributed by atoms with E-state index in [9.17, 15) is 0 Å². The molecule has 0 bridgehead atoms. The first-order chi connectivity index (χ1) is 11.7. The third kappa shape index (κ3) is 2.60. The van der Waals surface area contributed by atoms with Crippen LogP contribution in [0, 0.1) is 0 Å². The average Bonchev–Trinajstić information content (AvgIpc) is 3.18. The maximum atomic E-state index is 5.82. The zero-order valence-electron chi connectivity index (χ0n) is 13.5. The lowest BCUT2D eigenvalue weighted by Gasteiger charge is -2.10. The van der Waals surface area contributed by atoms with Gasteiger partial charge in [0, 0.05) is 24.2 Å². The normalized spacial score (nSPS) is 12.7. The molecule has 1 aliphatic heterocycles. The van der Waals surface area contributed by atoms with Crippen LogP contribution in [0.4, 0.5) is 5.69 Å². The summed E-state index contributed by atoms with van der Waals surface area (Å²) in [6.45, 7) is 3.63. The van der Waals surface area contributed by atoms with Crippen molar-refractivity contribution in [2.24, 2.45) is 0 Å². The molecule has 0 atom stereocenters. The van der Waals surface area contributed by atoms with E-state index in [0.29, 0.717) is 13.2 Å². The zero-order valence-corrected chi connectivity index (χ0v) is 13.5. The van der Waals surface area contributed by atoms with E-state index >= 15 is 0 Å². The number of nitrogens with zero attached hydrogens (tertiary/aromatic N) is 2. The van der Waals surface area contributed by atoms with Gasteiger partial charge in [-0.25, -0.2) is 4.98 Å². The van der Waals surface area contributed by atoms with Gasteiger partial charge in [-0.3, -0.25) is 0 Å². The molecule has 0 fully saturated rings. The predicted molar refractivity (Wildman–Crippen MR) is 91.6 cm³/mol. The van der Waals surface area contributed by atoms with Crippen molar-refractivity contribution in [3.8, 4) is 17.2 Å². The van der Waals surface area contributed by atoms with Crippen LogP contribution in [0.3, 0.4) is 0 Å². The Bertz CT molecular complexity index is 871. The van der Waals surface area contributed by atoms with Crippen LogP contribution in [-0.4, -0.2) is 23.0 Å². The monoisotopic (exact) mass is 325 g/mol. The molecule has 0 saturated carbocycles. The second-order valence-corrected chi connectivity index (χ2v) is 5.64. The molecule has 0 radical (unpaired) electrons. The first-order valence-electron chi connectivity index (χ1n) is 8.01. The van der Waals surface area contributed by atoms with E-state index in [-0.39, 0.29) is 6.79 Å². The zero-order chi connectivity index (χ0) is 16.5. The maximum absolute atomic E-state index is 5.82. The number of ether oxygens (including phenoxy) is 3. The number of nitrogens with two attached hydrogens (primary N) is 1. The largest absolute Gasteiger partial charge is 0.492 e. The van der Waals surface area contributed by atoms with E-state index in [2.05, 4.69) is 11.5 Å². The molecular formula is C18H19N3O3. The maximum Gasteiger partial charge on any atom is 0.231 e. The number of hydrogen-bond acceptors (Lipinski definition) is 5. The van der Waals surface area contributed by atoms with Gasteiger partial charge in [0.05, 0.1) is 17.6 Å². The minimum atomic E-state index is 0.267. The van der Waals surface area contributed by atoms with Crippen LogP contribution in [0.2, 0.25) is 0 Å². The average molecular weight is 325 g/mol. The summed E-state index contributed by atoms with van der Waals surface area (Å²) >= 11 is 0. The second-order valence-electron chi connectivity index (χ2n) is 5.64. The van der Waals surface area contributed by atoms with E-state index < -0.39 is 0 Å². The third-order valence-corrected chi connectivity index (χ3v) is 4.10. The predicted octanol–water partition coefficient (Wildman–Crippen LogP) is 2.99. The molecule has 6 heteroatoms. The van der Waals surface area contributed by atoms with Crippen molar-refractivity contribution in [3.05, 3.63) is 42.2 Å². The molecule has 24 heavy (non-hydrogen) atoms. The number of nitrogen functional groups attached to an aromatic ring is 1. The first kappa shape index (κ1) is 14.7. The topological polar surface area (TPSA) is 71.5 Å². The van der Waals surface area contributed by atoms with Crippen molar-refractivity contribution in [1.82, 2.24) is 9.55 Å². The molecule has 0 unspecified atom stereocenters. The Balaban J connectivity index is 1.57. The number of benzene rings is 2. The summed E-state index contributed by atoms with van der Waals surface area (Å²) in [7, 11) is 0. The van der Waals surface area contributed by atoms with Crippen LogP contribution < -0.4 is 19.9 Å². The van der Waals surface area contributed by atoms with Crippen LogP contribution in [0.1, 0.15) is 12.7 Å². The SMILES string of the molecule is CCc1nc2cc3c(cc2n1CCOc1ccc(N)cc1)OCO3. The number of hydrogen-bond donors (Lipinski definition) is 1. The van der Waals surface area contributed by atoms with E-state index in [0.717, 1.165) is 46.2 Å². The smallest absolute Gasteiger partial charge is 0.231 e. The summed E-state index contributed by atoms with van der Waals surface area (Å²) in [5.74, 6) is 3.36. The summed E-state index contributed by atoms with van der Waals surface area (Å²) < 4.78 is 18.9. The minimum Gasteiger partial charge on any atom is -0.492 e. The van der Waals surface area contributed by atoms with Crippen LogP contribution in [0.5, 0.6) is 17.2 Å². The van der Waals surface area contributed by atoms with Crippen LogP contribution in [-0.2, 0) is 13.0 Å². The molecule has 124 valence electrons. The van der Waals surface area contributed by atoms with Crippen molar-refractivity contribution in [2.75, 3.05) is 19.1 Å². The molecular weight excluding hydrogens is 306 g/mol. The summed E-state index contributed by atoms with van der Waals surface area (Å²) in [4.78, 5) is 4.70. The van der Waals surface area contributed by atoms with Gasteiger partial charge in [0.25, 0.3) is 0 Å². The number of anilines is 1. The van der Waals surface area contributed by atoms with Gasteiger partial charge >= 0.3 is 0 Å². The second kappa shape index (κ2) is 5.96. The highest BCUT2D eigenvalue weighted by Crippen LogP contribution is 2.36. The molecule has 1 aromatic heterocycles. The van der Waals surface area contributed by atoms with Gasteiger partial charge in [-0.1, -0.05) is 6.92 Å². The minimum absolute atomic E-state index is 0.267. The molecule has 2 aromatic carbocycles. The molecule has 6 nitrogen and oxygen atoms in total. The van der Waals surface area contributed by atoms with Crippen molar-refractivity contribution in [1.29, 1.82) is 0 Å². The third-order valence-electron chi connectivity index (χ3n) is 4.10. The number of aryl methyl sites for hydroxylation is 1. The van der Waals surface area contributed by atoms with Gasteiger partial charge in [0.2, 0.25) is 6.79 Å². The Morgan fingerprint density at radius 2 is 1.92 bits per heavy atom. The van der Waals surface area contributed by atoms with Gasteiger partial charge in [0.1, 0.15) is 18.2 Å². The lowest BCUT2D eigenvalue weighted by Crippen LogP contribution is -2.10. The first-order valence-corrected chi connectivity index (χ1v) is 8.01. The van der Waals surface area contributed by atoms with Crippen molar-refractivity contribution < 1.29 is 14.2 Å². The fourth-order valence-electron chi connectivity index (χ4n) is 2.90. The van der Waals surface area contributed by atoms with E-state index in [1.165, 1.54) is 0 Å². The summed E-state index contributed by atoms with van der Waals surface area (Å²) in [6, 6.07) is 11.3. The number of rotatable bonds is 5. The van der Waals surface area contributed by atoms with Crippen molar-refractivity contribution >= 4 is 16.7 Å². The molecule has 0 amide bonds. The number of aromatic nitrogens is 2. The van der Waals surface area contributed by atoms with Crippen molar-refractivity contribution in [2.45, 2.75) is 19.9 Å². The Labute approximate surface area is 139 Å². The molecule has 0 spiro atoms. The van der Waals surface area contributed by atoms with E-state index in [1.54, 1.807) is 0 Å². The van der Waals surface area contributed by atoms with Crippen LogP contribution in [0.15, 0.2) is 36.4 Å². The van der Waals surface area contributed by atoms with E-state index in [4.69, 9.17) is 24.9 Å². The van der Waals surface area contributed by atoms with Gasteiger partial charge in [-0.2, -0.15) is 0 Å². The molecule has 0 aliphatic carbocycles. The summed E-state index contributed by atoms with van der Waals surface area (Å²) in [5, 5.41) is 0. The molecule has 2 N–H and O–H groups in total.